The molecule has 1 amide bonds. The summed E-state index contributed by atoms with van der Waals surface area (Å²) in [5, 5.41) is 3.63. The standard InChI is InChI=1S/C34H35NO4P/c1-34(2,3)39-33(37)38-27-15-13-14-26(24-27)25-35-23-22-31(32(35)36)40(28-16-7-4-8-17-28,29-18-9-5-10-19-29)30-20-11-6-12-21-30/h4-21,24,31H,22-23,25H2,1-3H3/q+1. The maximum atomic E-state index is 14.3. The Bertz CT molecular complexity index is 1360. The van der Waals surface area contributed by atoms with Gasteiger partial charge in [-0.15, -0.1) is 0 Å². The van der Waals surface area contributed by atoms with Crippen molar-refractivity contribution < 1.29 is 19.1 Å². The topological polar surface area (TPSA) is 55.8 Å². The first-order chi connectivity index (χ1) is 19.3. The SMILES string of the molecule is CC(C)(C)OC(=O)Oc1cccc(CN2CCC([P+](c3ccccc3)(c3ccccc3)c3ccccc3)C2=O)c1. The van der Waals surface area contributed by atoms with Crippen molar-refractivity contribution in [2.24, 2.45) is 0 Å². The monoisotopic (exact) mass is 552 g/mol. The summed E-state index contributed by atoms with van der Waals surface area (Å²) in [7, 11) is -2.32. The third-order valence-corrected chi connectivity index (χ3v) is 11.8. The first-order valence-corrected chi connectivity index (χ1v) is 15.5. The fraction of sp³-hybridized carbons (Fsp3) is 0.235. The first kappa shape index (κ1) is 27.6. The van der Waals surface area contributed by atoms with Crippen LogP contribution in [0.2, 0.25) is 0 Å². The van der Waals surface area contributed by atoms with Crippen LogP contribution >= 0.6 is 7.26 Å². The second kappa shape index (κ2) is 11.7. The average molecular weight is 553 g/mol. The first-order valence-electron chi connectivity index (χ1n) is 13.6. The number of nitrogens with zero attached hydrogens (tertiary/aromatic N) is 1. The minimum Gasteiger partial charge on any atom is -0.428 e. The maximum Gasteiger partial charge on any atom is 0.514 e. The zero-order valence-electron chi connectivity index (χ0n) is 23.2. The molecule has 6 heteroatoms. The van der Waals surface area contributed by atoms with Crippen molar-refractivity contribution in [3.8, 4) is 5.75 Å². The molecule has 1 fully saturated rings. The van der Waals surface area contributed by atoms with Gasteiger partial charge in [0.05, 0.1) is 0 Å². The van der Waals surface area contributed by atoms with E-state index in [1.165, 1.54) is 15.9 Å². The molecule has 204 valence electrons. The van der Waals surface area contributed by atoms with Crippen LogP contribution in [0.1, 0.15) is 32.8 Å². The highest BCUT2D eigenvalue weighted by atomic mass is 31.2. The Morgan fingerprint density at radius 3 is 1.82 bits per heavy atom. The lowest BCUT2D eigenvalue weighted by atomic mass is 10.2. The predicted molar refractivity (Wildman–Crippen MR) is 162 cm³/mol. The molecule has 0 bridgehead atoms. The highest BCUT2D eigenvalue weighted by Crippen LogP contribution is 2.62. The molecule has 1 unspecified atom stereocenters. The summed E-state index contributed by atoms with van der Waals surface area (Å²) in [4.78, 5) is 28.5. The Morgan fingerprint density at radius 2 is 1.32 bits per heavy atom. The van der Waals surface area contributed by atoms with Crippen molar-refractivity contribution in [2.75, 3.05) is 6.54 Å². The minimum atomic E-state index is -2.32. The zero-order chi connectivity index (χ0) is 28.2. The molecule has 0 N–H and O–H groups in total. The van der Waals surface area contributed by atoms with Crippen LogP contribution in [0.5, 0.6) is 5.75 Å². The molecule has 0 radical (unpaired) electrons. The lowest BCUT2D eigenvalue weighted by molar-refractivity contribution is -0.127. The number of carbonyl (C=O) groups is 2. The quantitative estimate of drug-likeness (QED) is 0.158. The van der Waals surface area contributed by atoms with E-state index in [-0.39, 0.29) is 11.6 Å². The van der Waals surface area contributed by atoms with Gasteiger partial charge in [0.25, 0.3) is 5.91 Å². The lowest BCUT2D eigenvalue weighted by Gasteiger charge is -2.32. The third kappa shape index (κ3) is 5.80. The number of ether oxygens (including phenoxy) is 2. The summed E-state index contributed by atoms with van der Waals surface area (Å²) in [6.45, 7) is 6.49. The van der Waals surface area contributed by atoms with Gasteiger partial charge in [0.2, 0.25) is 0 Å². The average Bonchev–Trinajstić information content (AvgIpc) is 3.30. The fourth-order valence-electron chi connectivity index (χ4n) is 5.51. The molecule has 40 heavy (non-hydrogen) atoms. The molecule has 5 nitrogen and oxygen atoms in total. The zero-order valence-corrected chi connectivity index (χ0v) is 24.1. The molecule has 1 aliphatic rings. The van der Waals surface area contributed by atoms with Crippen LogP contribution in [0.25, 0.3) is 0 Å². The van der Waals surface area contributed by atoms with Gasteiger partial charge in [-0.25, -0.2) is 4.79 Å². The Labute approximate surface area is 237 Å². The number of carbonyl (C=O) groups excluding carboxylic acids is 2. The summed E-state index contributed by atoms with van der Waals surface area (Å²) in [6.07, 6.45) is 0.0180. The molecule has 0 aromatic heterocycles. The van der Waals surface area contributed by atoms with Crippen LogP contribution in [0.3, 0.4) is 0 Å². The number of hydrogen-bond donors (Lipinski definition) is 0. The molecule has 0 saturated carbocycles. The molecule has 1 saturated heterocycles. The summed E-state index contributed by atoms with van der Waals surface area (Å²) < 4.78 is 10.7. The number of hydrogen-bond acceptors (Lipinski definition) is 4. The van der Waals surface area contributed by atoms with Crippen LogP contribution in [-0.2, 0) is 16.1 Å². The van der Waals surface area contributed by atoms with Crippen molar-refractivity contribution in [3.05, 3.63) is 121 Å². The smallest absolute Gasteiger partial charge is 0.428 e. The van der Waals surface area contributed by atoms with Crippen LogP contribution < -0.4 is 20.7 Å². The molecule has 4 aromatic rings. The van der Waals surface area contributed by atoms with Crippen LogP contribution in [0, 0.1) is 0 Å². The van der Waals surface area contributed by atoms with Crippen molar-refractivity contribution in [2.45, 2.75) is 45.0 Å². The van der Waals surface area contributed by atoms with E-state index in [1.54, 1.807) is 32.9 Å². The van der Waals surface area contributed by atoms with Crippen LogP contribution in [0.15, 0.2) is 115 Å². The molecule has 0 spiro atoms. The number of amides is 1. The Hall–Kier alpha value is -3.95. The van der Waals surface area contributed by atoms with E-state index in [0.717, 1.165) is 12.0 Å². The van der Waals surface area contributed by atoms with Crippen molar-refractivity contribution in [1.29, 1.82) is 0 Å². The van der Waals surface area contributed by atoms with E-state index < -0.39 is 19.0 Å². The van der Waals surface area contributed by atoms with Crippen molar-refractivity contribution in [3.63, 3.8) is 0 Å². The highest BCUT2D eigenvalue weighted by molar-refractivity contribution is 7.96. The molecule has 1 heterocycles. The van der Waals surface area contributed by atoms with Gasteiger partial charge in [-0.1, -0.05) is 66.7 Å². The van der Waals surface area contributed by atoms with E-state index in [1.807, 2.05) is 35.2 Å². The molecule has 5 rings (SSSR count). The van der Waals surface area contributed by atoms with Crippen molar-refractivity contribution in [1.82, 2.24) is 4.90 Å². The number of likely N-dealkylation sites (tertiary alicyclic amines) is 1. The van der Waals surface area contributed by atoms with Gasteiger partial charge in [-0.05, 0) is 74.9 Å². The number of rotatable bonds is 7. The molecular weight excluding hydrogens is 517 g/mol. The van der Waals surface area contributed by atoms with Crippen LogP contribution in [0.4, 0.5) is 4.79 Å². The molecule has 1 aliphatic heterocycles. The summed E-state index contributed by atoms with van der Waals surface area (Å²) in [5.41, 5.74) is 0.0800. The normalized spacial score (nSPS) is 15.6. The van der Waals surface area contributed by atoms with E-state index in [9.17, 15) is 9.59 Å². The van der Waals surface area contributed by atoms with Crippen molar-refractivity contribution >= 4 is 35.2 Å². The van der Waals surface area contributed by atoms with Gasteiger partial charge in [-0.3, -0.25) is 4.79 Å². The van der Waals surface area contributed by atoms with Gasteiger partial charge >= 0.3 is 6.16 Å². The minimum absolute atomic E-state index is 0.156. The van der Waals surface area contributed by atoms with E-state index in [4.69, 9.17) is 9.47 Å². The number of benzene rings is 4. The Morgan fingerprint density at radius 1 is 0.800 bits per heavy atom. The third-order valence-electron chi connectivity index (χ3n) is 7.09. The lowest BCUT2D eigenvalue weighted by Crippen LogP contribution is -2.42. The fourth-order valence-corrected chi connectivity index (χ4v) is 10.4. The van der Waals surface area contributed by atoms with E-state index >= 15 is 0 Å². The van der Waals surface area contributed by atoms with Gasteiger partial charge in [-0.2, -0.15) is 0 Å². The summed E-state index contributed by atoms with van der Waals surface area (Å²) >= 11 is 0. The Kier molecular flexibility index (Phi) is 8.04. The van der Waals surface area contributed by atoms with Gasteiger partial charge in [0.1, 0.15) is 34.5 Å². The molecular formula is C34H35NO4P+. The second-order valence-electron chi connectivity index (χ2n) is 11.0. The molecule has 1 atom stereocenters. The van der Waals surface area contributed by atoms with Crippen LogP contribution in [-0.4, -0.2) is 34.8 Å². The van der Waals surface area contributed by atoms with Gasteiger partial charge < -0.3 is 14.4 Å². The largest absolute Gasteiger partial charge is 0.514 e. The molecule has 0 aliphatic carbocycles. The highest BCUT2D eigenvalue weighted by Gasteiger charge is 2.58. The predicted octanol–water partition coefficient (Wildman–Crippen LogP) is 6.10. The van der Waals surface area contributed by atoms with Gasteiger partial charge in [0.15, 0.2) is 5.66 Å². The molecule has 4 aromatic carbocycles. The summed E-state index contributed by atoms with van der Waals surface area (Å²) in [5.74, 6) is 0.554. The van der Waals surface area contributed by atoms with Gasteiger partial charge in [0, 0.05) is 19.5 Å². The Balaban J connectivity index is 1.47. The summed E-state index contributed by atoms with van der Waals surface area (Å²) in [6, 6.07) is 38.9. The maximum absolute atomic E-state index is 14.3. The van der Waals surface area contributed by atoms with E-state index in [0.29, 0.717) is 18.8 Å². The second-order valence-corrected chi connectivity index (χ2v) is 14.6. The van der Waals surface area contributed by atoms with E-state index in [2.05, 4.69) is 72.8 Å².